The summed E-state index contributed by atoms with van der Waals surface area (Å²) in [5, 5.41) is 2.59. The van der Waals surface area contributed by atoms with E-state index in [-0.39, 0.29) is 13.2 Å². The normalized spacial score (nSPS) is 12.2. The topological polar surface area (TPSA) is 64.6 Å². The van der Waals surface area contributed by atoms with Crippen LogP contribution >= 0.6 is 9.16 Å². The van der Waals surface area contributed by atoms with Crippen molar-refractivity contribution >= 4 is 21.7 Å². The third kappa shape index (κ3) is 4.97. The van der Waals surface area contributed by atoms with Crippen LogP contribution < -0.4 is 5.32 Å². The lowest BCUT2D eigenvalue weighted by molar-refractivity contribution is -0.128. The average molecular weight is 454 g/mol. The van der Waals surface area contributed by atoms with Crippen molar-refractivity contribution in [1.82, 2.24) is 5.32 Å². The average Bonchev–Trinajstić information content (AvgIpc) is 2.86. The number of carbonyl (C=O) groups is 2. The molecule has 0 bridgehead atoms. The van der Waals surface area contributed by atoms with Crippen LogP contribution in [0.15, 0.2) is 106 Å². The van der Waals surface area contributed by atoms with E-state index in [1.54, 1.807) is 0 Å². The molecule has 0 saturated heterocycles. The second kappa shape index (κ2) is 10.9. The minimum absolute atomic E-state index is 0.125. The molecule has 32 heavy (non-hydrogen) atoms. The van der Waals surface area contributed by atoms with Gasteiger partial charge in [-0.2, -0.15) is 0 Å². The molecule has 0 aliphatic rings. The molecule has 1 N–H and O–H groups in total. The second-order valence-electron chi connectivity index (χ2n) is 7.91. The maximum absolute atomic E-state index is 12.0. The highest BCUT2D eigenvalue weighted by Crippen LogP contribution is 2.83. The highest BCUT2D eigenvalue weighted by atomic mass is 32.3. The summed E-state index contributed by atoms with van der Waals surface area (Å²) in [4.78, 5) is 26.1. The van der Waals surface area contributed by atoms with Crippen LogP contribution in [0.4, 0.5) is 4.79 Å². The summed E-state index contributed by atoms with van der Waals surface area (Å²) in [6.07, 6.45) is 2.61. The van der Waals surface area contributed by atoms with Crippen LogP contribution in [0.25, 0.3) is 0 Å². The van der Waals surface area contributed by atoms with E-state index in [0.29, 0.717) is 19.5 Å². The van der Waals surface area contributed by atoms with Gasteiger partial charge in [0.15, 0.2) is 0 Å². The largest absolute Gasteiger partial charge is 0.466 e. The van der Waals surface area contributed by atoms with Crippen LogP contribution in [0, 0.1) is 0 Å². The van der Waals surface area contributed by atoms with Crippen molar-refractivity contribution in [3.63, 3.8) is 0 Å². The molecule has 5 nitrogen and oxygen atoms in total. The number of ether oxygens (including phenoxy) is 2. The second-order valence-corrected chi connectivity index (χ2v) is 13.5. The van der Waals surface area contributed by atoms with Crippen molar-refractivity contribution in [3.8, 4) is 0 Å². The first-order chi connectivity index (χ1) is 15.6. The van der Waals surface area contributed by atoms with Crippen molar-refractivity contribution in [2.75, 3.05) is 31.8 Å². The molecule has 0 aliphatic heterocycles. The van der Waals surface area contributed by atoms with Crippen molar-refractivity contribution in [1.29, 1.82) is 0 Å². The molecular formula is C26H31NO4S. The number of hydrogen-bond acceptors (Lipinski definition) is 4. The molecule has 3 aromatic carbocycles. The molecule has 170 valence electrons. The van der Waals surface area contributed by atoms with E-state index in [9.17, 15) is 9.59 Å². The molecule has 0 atom stereocenters. The van der Waals surface area contributed by atoms with Gasteiger partial charge in [-0.3, -0.25) is 4.79 Å². The Morgan fingerprint density at radius 3 is 1.72 bits per heavy atom. The number of hydrogen-bond donors (Lipinski definition) is 2. The molecule has 3 rings (SSSR count). The zero-order chi connectivity index (χ0) is 22.7. The van der Waals surface area contributed by atoms with Gasteiger partial charge in [-0.05, 0) is 33.1 Å². The van der Waals surface area contributed by atoms with E-state index in [2.05, 4.69) is 89.1 Å². The maximum atomic E-state index is 12.0. The van der Waals surface area contributed by atoms with Crippen molar-refractivity contribution in [2.45, 2.75) is 21.1 Å². The van der Waals surface area contributed by atoms with E-state index in [1.807, 2.05) is 18.2 Å². The van der Waals surface area contributed by atoms with E-state index in [1.165, 1.54) is 14.7 Å². The lowest BCUT2D eigenvalue weighted by atomic mass is 10.4. The first-order valence-electron chi connectivity index (χ1n) is 10.7. The van der Waals surface area contributed by atoms with Gasteiger partial charge in [0.25, 0.3) is 6.47 Å². The molecule has 0 aromatic heterocycles. The number of nitrogens with one attached hydrogen (secondary N) is 1. The van der Waals surface area contributed by atoms with Crippen LogP contribution in [0.5, 0.6) is 0 Å². The predicted octanol–water partition coefficient (Wildman–Crippen LogP) is 5.16. The lowest BCUT2D eigenvalue weighted by Crippen LogP contribution is -2.29. The third-order valence-electron chi connectivity index (χ3n) is 6.02. The minimum Gasteiger partial charge on any atom is -0.466 e. The molecule has 0 aliphatic carbocycles. The Balaban J connectivity index is 1.88. The summed E-state index contributed by atoms with van der Waals surface area (Å²) in [5.41, 5.74) is 0. The van der Waals surface area contributed by atoms with Crippen LogP contribution in [-0.2, 0) is 14.3 Å². The molecule has 6 heteroatoms. The summed E-state index contributed by atoms with van der Waals surface area (Å²) < 4.78 is 9.97. The van der Waals surface area contributed by atoms with E-state index in [0.717, 1.165) is 5.75 Å². The Bertz CT molecular complexity index is 897. The number of benzene rings is 3. The Morgan fingerprint density at radius 2 is 1.28 bits per heavy atom. The summed E-state index contributed by atoms with van der Waals surface area (Å²) in [5.74, 6) is 0.866. The van der Waals surface area contributed by atoms with Gasteiger partial charge in [-0.1, -0.05) is 91.0 Å². The number of thiol groups is 1. The van der Waals surface area contributed by atoms with Gasteiger partial charge in [0, 0.05) is 0 Å². The van der Waals surface area contributed by atoms with Gasteiger partial charge < -0.3 is 14.8 Å². The van der Waals surface area contributed by atoms with Gasteiger partial charge in [-0.15, -0.1) is 0 Å². The van der Waals surface area contributed by atoms with Gasteiger partial charge in [0.2, 0.25) is 0 Å². The van der Waals surface area contributed by atoms with E-state index in [4.69, 9.17) is 4.74 Å². The summed E-state index contributed by atoms with van der Waals surface area (Å²) in [6.45, 7) is 1.01. The van der Waals surface area contributed by atoms with Gasteiger partial charge in [0.1, 0.15) is 6.61 Å². The quantitative estimate of drug-likeness (QED) is 0.239. The summed E-state index contributed by atoms with van der Waals surface area (Å²) in [6, 6.07) is 32.0. The summed E-state index contributed by atoms with van der Waals surface area (Å²) in [7, 11) is -2.82. The maximum Gasteiger partial charge on any atom is 0.407 e. The van der Waals surface area contributed by atoms with Crippen molar-refractivity contribution < 1.29 is 19.1 Å². The number of rotatable bonds is 11. The molecule has 0 fully saturated rings. The van der Waals surface area contributed by atoms with Gasteiger partial charge in [-0.25, -0.2) is 14.0 Å². The molecule has 0 saturated carbocycles. The van der Waals surface area contributed by atoms with E-state index < -0.39 is 15.3 Å². The van der Waals surface area contributed by atoms with Gasteiger partial charge in [0.05, 0.1) is 13.2 Å². The number of amides is 1. The highest BCUT2D eigenvalue weighted by molar-refractivity contribution is 8.49. The smallest absolute Gasteiger partial charge is 0.407 e. The molecule has 0 heterocycles. The first kappa shape index (κ1) is 23.4. The molecular weight excluding hydrogens is 422 g/mol. The Kier molecular flexibility index (Phi) is 7.95. The SMILES string of the molecule is C[SH](CCCOC(=O)NCCOC=O)(c1ccccc1)(c1ccccc1)c1ccccc1. The lowest BCUT2D eigenvalue weighted by Gasteiger charge is -2.60. The fourth-order valence-electron chi connectivity index (χ4n) is 4.27. The van der Waals surface area contributed by atoms with E-state index >= 15 is 0 Å². The first-order valence-corrected chi connectivity index (χ1v) is 13.6. The standard InChI is InChI=1S/C26H31NO4S/c1-32(23-12-5-2-6-13-23,24-14-7-3-8-15-24,25-16-9-4-10-17-25)21-11-19-31-26(29)27-18-20-30-22-28/h2-10,12-17,22,32H,11,18-21H2,1H3,(H,27,29). The Hall–Kier alpha value is -3.25. The third-order valence-corrected chi connectivity index (χ3v) is 12.5. The fraction of sp³-hybridized carbons (Fsp3) is 0.231. The number of alkyl carbamates (subject to hydrolysis) is 1. The van der Waals surface area contributed by atoms with Crippen molar-refractivity contribution in [2.24, 2.45) is 0 Å². The Morgan fingerprint density at radius 1 is 0.812 bits per heavy atom. The predicted molar refractivity (Wildman–Crippen MR) is 130 cm³/mol. The minimum atomic E-state index is -2.82. The van der Waals surface area contributed by atoms with Gasteiger partial charge >= 0.3 is 6.09 Å². The summed E-state index contributed by atoms with van der Waals surface area (Å²) >= 11 is 0. The van der Waals surface area contributed by atoms with Crippen molar-refractivity contribution in [3.05, 3.63) is 91.0 Å². The molecule has 0 unspecified atom stereocenters. The number of carbonyl (C=O) groups excluding carboxylic acids is 2. The van der Waals surface area contributed by atoms with Crippen LogP contribution in [0.3, 0.4) is 0 Å². The zero-order valence-corrected chi connectivity index (χ0v) is 19.2. The fourth-order valence-corrected chi connectivity index (χ4v) is 9.79. The van der Waals surface area contributed by atoms with Crippen LogP contribution in [0.2, 0.25) is 0 Å². The molecule has 3 aromatic rings. The zero-order valence-electron chi connectivity index (χ0n) is 18.4. The highest BCUT2D eigenvalue weighted by Gasteiger charge is 2.41. The Labute approximate surface area is 190 Å². The van der Waals surface area contributed by atoms with Crippen LogP contribution in [-0.4, -0.2) is 44.3 Å². The molecule has 1 amide bonds. The molecule has 0 spiro atoms. The monoisotopic (exact) mass is 453 g/mol. The molecule has 0 radical (unpaired) electrons. The van der Waals surface area contributed by atoms with Crippen LogP contribution in [0.1, 0.15) is 6.42 Å².